The highest BCUT2D eigenvalue weighted by atomic mass is 32.1. The first-order valence-electron chi connectivity index (χ1n) is 8.44. The van der Waals surface area contributed by atoms with E-state index in [-0.39, 0.29) is 11.7 Å². The van der Waals surface area contributed by atoms with Crippen LogP contribution in [0.5, 0.6) is 0 Å². The Labute approximate surface area is 159 Å². The minimum absolute atomic E-state index is 0.0541. The number of amides is 1. The van der Waals surface area contributed by atoms with E-state index in [0.29, 0.717) is 18.5 Å². The molecule has 0 fully saturated rings. The Morgan fingerprint density at radius 1 is 1.22 bits per heavy atom. The molecule has 8 heteroatoms. The van der Waals surface area contributed by atoms with Crippen LogP contribution in [0.25, 0.3) is 21.3 Å². The zero-order valence-electron chi connectivity index (χ0n) is 14.7. The number of benzene rings is 2. The number of imidazole rings is 1. The average molecular weight is 378 g/mol. The summed E-state index contributed by atoms with van der Waals surface area (Å²) in [5, 5.41) is 11.3. The van der Waals surface area contributed by atoms with E-state index in [9.17, 15) is 4.79 Å². The average Bonchev–Trinajstić information content (AvgIpc) is 3.21. The van der Waals surface area contributed by atoms with Gasteiger partial charge in [0.05, 0.1) is 27.7 Å². The second-order valence-corrected chi connectivity index (χ2v) is 7.44. The van der Waals surface area contributed by atoms with Gasteiger partial charge >= 0.3 is 0 Å². The van der Waals surface area contributed by atoms with E-state index < -0.39 is 0 Å². The van der Waals surface area contributed by atoms with Gasteiger partial charge in [-0.25, -0.2) is 9.97 Å². The van der Waals surface area contributed by atoms with Gasteiger partial charge in [-0.05, 0) is 35.9 Å². The number of carbonyl (C=O) groups is 1. The molecule has 27 heavy (non-hydrogen) atoms. The van der Waals surface area contributed by atoms with E-state index in [4.69, 9.17) is 11.1 Å². The number of hydrogen-bond acceptors (Lipinski definition) is 5. The molecule has 2 heterocycles. The van der Waals surface area contributed by atoms with Crippen LogP contribution in [0.1, 0.15) is 28.9 Å². The molecule has 0 radical (unpaired) electrons. The fourth-order valence-corrected chi connectivity index (χ4v) is 3.89. The maximum Gasteiger partial charge on any atom is 0.217 e. The lowest BCUT2D eigenvalue weighted by atomic mass is 10.2. The van der Waals surface area contributed by atoms with Crippen LogP contribution in [0.2, 0.25) is 0 Å². The topological polar surface area (TPSA) is 121 Å². The number of carbonyl (C=O) groups excluding carboxylic acids is 1. The van der Waals surface area contributed by atoms with E-state index in [1.54, 1.807) is 11.3 Å². The molecular weight excluding hydrogens is 360 g/mol. The first kappa shape index (κ1) is 17.2. The molecule has 4 aromatic rings. The fraction of sp³-hybridized carbons (Fsp3) is 0.158. The van der Waals surface area contributed by atoms with Gasteiger partial charge in [0, 0.05) is 19.0 Å². The first-order chi connectivity index (χ1) is 13.0. The molecule has 0 unspecified atom stereocenters. The number of aromatic nitrogens is 3. The Kier molecular flexibility index (Phi) is 4.33. The van der Waals surface area contributed by atoms with Crippen molar-refractivity contribution in [3.63, 3.8) is 0 Å². The number of fused-ring (bicyclic) bond motifs is 2. The molecule has 2 aromatic heterocycles. The zero-order chi connectivity index (χ0) is 19.0. The quantitative estimate of drug-likeness (QED) is 0.315. The summed E-state index contributed by atoms with van der Waals surface area (Å²) >= 11 is 1.58. The largest absolute Gasteiger partial charge is 0.384 e. The lowest BCUT2D eigenvalue weighted by Crippen LogP contribution is -2.18. The van der Waals surface area contributed by atoms with E-state index in [1.807, 2.05) is 36.4 Å². The van der Waals surface area contributed by atoms with E-state index in [0.717, 1.165) is 37.6 Å². The zero-order valence-corrected chi connectivity index (χ0v) is 15.5. The van der Waals surface area contributed by atoms with Gasteiger partial charge in [-0.1, -0.05) is 6.07 Å². The molecule has 136 valence electrons. The number of thiazole rings is 1. The molecule has 7 nitrogen and oxygen atoms in total. The predicted molar refractivity (Wildman–Crippen MR) is 107 cm³/mol. The molecule has 0 aliphatic carbocycles. The summed E-state index contributed by atoms with van der Waals surface area (Å²) in [6, 6.07) is 11.5. The van der Waals surface area contributed by atoms with Crippen molar-refractivity contribution >= 4 is 44.3 Å². The third-order valence-electron chi connectivity index (χ3n) is 4.20. The summed E-state index contributed by atoms with van der Waals surface area (Å²) < 4.78 is 1.01. The smallest absolute Gasteiger partial charge is 0.217 e. The van der Waals surface area contributed by atoms with E-state index >= 15 is 0 Å². The summed E-state index contributed by atoms with van der Waals surface area (Å²) in [5.41, 5.74) is 9.99. The molecule has 0 aliphatic rings. The summed E-state index contributed by atoms with van der Waals surface area (Å²) in [7, 11) is 0. The molecule has 4 rings (SSSR count). The standard InChI is InChI=1S/C19H18N6OS/c1-10(26)22-9-11-2-4-13-15(6-11)24-17(23-13)8-18-25-14-5-3-12(19(20)21)7-16(14)27-18/h2-7H,8-9H2,1H3,(H3,20,21)(H,22,26)(H,23,24). The van der Waals surface area contributed by atoms with Crippen LogP contribution >= 0.6 is 11.3 Å². The molecule has 0 aliphatic heterocycles. The minimum Gasteiger partial charge on any atom is -0.384 e. The highest BCUT2D eigenvalue weighted by Crippen LogP contribution is 2.25. The molecule has 1 amide bonds. The number of nitrogens with two attached hydrogens (primary N) is 1. The van der Waals surface area contributed by atoms with Crippen molar-refractivity contribution in [2.75, 3.05) is 0 Å². The van der Waals surface area contributed by atoms with Crippen LogP contribution in [0.3, 0.4) is 0 Å². The Balaban J connectivity index is 1.58. The van der Waals surface area contributed by atoms with Gasteiger partial charge in [-0.3, -0.25) is 10.2 Å². The second-order valence-electron chi connectivity index (χ2n) is 6.33. The maximum atomic E-state index is 11.1. The van der Waals surface area contributed by atoms with Gasteiger partial charge in [0.1, 0.15) is 16.7 Å². The number of rotatable bonds is 5. The lowest BCUT2D eigenvalue weighted by molar-refractivity contribution is -0.119. The molecule has 0 bridgehead atoms. The minimum atomic E-state index is -0.0541. The molecule has 0 spiro atoms. The molecular formula is C19H18N6OS. The van der Waals surface area contributed by atoms with Gasteiger partial charge in [-0.2, -0.15) is 0 Å². The van der Waals surface area contributed by atoms with Crippen LogP contribution in [0.15, 0.2) is 36.4 Å². The Morgan fingerprint density at radius 3 is 2.85 bits per heavy atom. The van der Waals surface area contributed by atoms with Gasteiger partial charge in [-0.15, -0.1) is 11.3 Å². The van der Waals surface area contributed by atoms with Gasteiger partial charge < -0.3 is 16.0 Å². The second kappa shape index (κ2) is 6.81. The van der Waals surface area contributed by atoms with Crippen molar-refractivity contribution in [1.29, 1.82) is 5.41 Å². The van der Waals surface area contributed by atoms with Crippen molar-refractivity contribution in [2.45, 2.75) is 19.9 Å². The highest BCUT2D eigenvalue weighted by molar-refractivity contribution is 7.18. The molecule has 0 atom stereocenters. The summed E-state index contributed by atoms with van der Waals surface area (Å²) in [4.78, 5) is 23.7. The number of nitrogens with one attached hydrogen (secondary N) is 3. The summed E-state index contributed by atoms with van der Waals surface area (Å²) in [5.74, 6) is 0.841. The first-order valence-corrected chi connectivity index (χ1v) is 9.25. The van der Waals surface area contributed by atoms with Crippen LogP contribution in [0.4, 0.5) is 0 Å². The van der Waals surface area contributed by atoms with Crippen molar-refractivity contribution < 1.29 is 4.79 Å². The number of aromatic amines is 1. The summed E-state index contributed by atoms with van der Waals surface area (Å²) in [6.07, 6.45) is 0.602. The third-order valence-corrected chi connectivity index (χ3v) is 5.22. The SMILES string of the molecule is CC(=O)NCc1ccc2[nH]c(Cc3nc4ccc(C(=N)N)cc4s3)nc2c1. The number of nitrogens with zero attached hydrogens (tertiary/aromatic N) is 2. The number of H-pyrrole nitrogens is 1. The van der Waals surface area contributed by atoms with Crippen molar-refractivity contribution in [3.8, 4) is 0 Å². The number of amidine groups is 1. The third kappa shape index (κ3) is 3.65. The Hall–Kier alpha value is -3.26. The van der Waals surface area contributed by atoms with Crippen LogP contribution in [0, 0.1) is 5.41 Å². The lowest BCUT2D eigenvalue weighted by Gasteiger charge is -2.01. The fourth-order valence-electron chi connectivity index (χ4n) is 2.88. The Morgan fingerprint density at radius 2 is 2.07 bits per heavy atom. The molecule has 2 aromatic carbocycles. The van der Waals surface area contributed by atoms with E-state index in [2.05, 4.69) is 20.3 Å². The monoisotopic (exact) mass is 378 g/mol. The van der Waals surface area contributed by atoms with Gasteiger partial charge in [0.2, 0.25) is 5.91 Å². The Bertz CT molecular complexity index is 1180. The van der Waals surface area contributed by atoms with Crippen molar-refractivity contribution in [3.05, 3.63) is 58.4 Å². The maximum absolute atomic E-state index is 11.1. The molecule has 5 N–H and O–H groups in total. The normalized spacial score (nSPS) is 11.1. The predicted octanol–water partition coefficient (Wildman–Crippen LogP) is 2.68. The summed E-state index contributed by atoms with van der Waals surface area (Å²) in [6.45, 7) is 1.99. The number of nitrogen functional groups attached to an aromatic ring is 1. The molecule has 0 saturated heterocycles. The van der Waals surface area contributed by atoms with Crippen LogP contribution in [-0.4, -0.2) is 26.7 Å². The molecule has 0 saturated carbocycles. The number of hydrogen-bond donors (Lipinski definition) is 4. The van der Waals surface area contributed by atoms with Crippen LogP contribution < -0.4 is 11.1 Å². The van der Waals surface area contributed by atoms with Crippen molar-refractivity contribution in [1.82, 2.24) is 20.3 Å². The van der Waals surface area contributed by atoms with Gasteiger partial charge in [0.25, 0.3) is 0 Å². The van der Waals surface area contributed by atoms with E-state index in [1.165, 1.54) is 6.92 Å². The highest BCUT2D eigenvalue weighted by Gasteiger charge is 2.10. The van der Waals surface area contributed by atoms with Gasteiger partial charge in [0.15, 0.2) is 0 Å². The van der Waals surface area contributed by atoms with Crippen LogP contribution in [-0.2, 0) is 17.8 Å². The van der Waals surface area contributed by atoms with Crippen molar-refractivity contribution in [2.24, 2.45) is 5.73 Å².